The summed E-state index contributed by atoms with van der Waals surface area (Å²) in [6, 6.07) is 21.0. The molecule has 0 spiro atoms. The van der Waals surface area contributed by atoms with Crippen molar-refractivity contribution in [2.24, 2.45) is 0 Å². The topological polar surface area (TPSA) is 64.2 Å². The van der Waals surface area contributed by atoms with Crippen LogP contribution in [0.4, 0.5) is 0 Å². The third-order valence-electron chi connectivity index (χ3n) is 6.30. The van der Waals surface area contributed by atoms with E-state index in [1.807, 2.05) is 61.5 Å². The second-order valence-electron chi connectivity index (χ2n) is 8.53. The number of nitrogens with one attached hydrogen (secondary N) is 1. The normalized spacial score (nSPS) is 14.8. The number of aromatic amines is 1. The average molecular weight is 473 g/mol. The molecule has 0 aliphatic heterocycles. The molecule has 4 aromatic rings. The molecule has 0 saturated carbocycles. The fourth-order valence-corrected chi connectivity index (χ4v) is 4.59. The number of ether oxygens (including phenoxy) is 2. The molecule has 1 N–H and O–H groups in total. The first kappa shape index (κ1) is 22.2. The van der Waals surface area contributed by atoms with Crippen LogP contribution in [0.5, 0.6) is 11.5 Å². The van der Waals surface area contributed by atoms with Crippen LogP contribution < -0.4 is 9.47 Å². The van der Waals surface area contributed by atoms with Crippen LogP contribution in [-0.4, -0.2) is 15.8 Å². The number of hydrogen-bond acceptors (Lipinski definition) is 4. The molecule has 0 unspecified atom stereocenters. The molecule has 1 aliphatic carbocycles. The summed E-state index contributed by atoms with van der Waals surface area (Å²) < 4.78 is 12.9. The minimum absolute atomic E-state index is 0.164. The number of halogens is 1. The third kappa shape index (κ3) is 4.31. The number of carbonyl (C=O) groups is 1. The highest BCUT2D eigenvalue weighted by molar-refractivity contribution is 6.30. The van der Waals surface area contributed by atoms with Gasteiger partial charge in [-0.05, 0) is 61.7 Å². The van der Waals surface area contributed by atoms with Crippen molar-refractivity contribution in [1.29, 1.82) is 0 Å². The Morgan fingerprint density at radius 2 is 1.82 bits per heavy atom. The van der Waals surface area contributed by atoms with Crippen molar-refractivity contribution in [3.05, 3.63) is 112 Å². The van der Waals surface area contributed by atoms with Gasteiger partial charge in [-0.25, -0.2) is 4.98 Å². The lowest BCUT2D eigenvalue weighted by molar-refractivity contribution is 0.0970. The summed E-state index contributed by atoms with van der Waals surface area (Å²) in [6.45, 7) is 2.27. The molecule has 1 aromatic heterocycles. The van der Waals surface area contributed by atoms with E-state index >= 15 is 0 Å². The predicted octanol–water partition coefficient (Wildman–Crippen LogP) is 6.50. The molecule has 0 radical (unpaired) electrons. The number of ketones is 1. The Kier molecular flexibility index (Phi) is 6.12. The lowest BCUT2D eigenvalue weighted by atomic mass is 9.86. The smallest absolute Gasteiger partial charge is 0.188 e. The van der Waals surface area contributed by atoms with Crippen molar-refractivity contribution in [2.75, 3.05) is 0 Å². The maximum Gasteiger partial charge on any atom is 0.188 e. The quantitative estimate of drug-likeness (QED) is 0.333. The van der Waals surface area contributed by atoms with Gasteiger partial charge in [0.15, 0.2) is 17.2 Å². The molecular weight excluding hydrogens is 448 g/mol. The van der Waals surface area contributed by atoms with E-state index in [0.29, 0.717) is 28.8 Å². The number of aromatic nitrogens is 2. The predicted molar refractivity (Wildman–Crippen MR) is 132 cm³/mol. The first-order valence-electron chi connectivity index (χ1n) is 11.4. The molecule has 0 saturated heterocycles. The van der Waals surface area contributed by atoms with Gasteiger partial charge in [0.2, 0.25) is 0 Å². The number of hydrogen-bond donors (Lipinski definition) is 1. The van der Waals surface area contributed by atoms with Gasteiger partial charge in [-0.1, -0.05) is 41.9 Å². The second-order valence-corrected chi connectivity index (χ2v) is 8.96. The van der Waals surface area contributed by atoms with E-state index in [0.717, 1.165) is 35.1 Å². The van der Waals surface area contributed by atoms with E-state index in [4.69, 9.17) is 21.1 Å². The minimum atomic E-state index is -0.868. The van der Waals surface area contributed by atoms with Crippen LogP contribution in [0.15, 0.2) is 79.1 Å². The molecule has 0 bridgehead atoms. The van der Waals surface area contributed by atoms with Gasteiger partial charge in [0, 0.05) is 40.5 Å². The number of nitrogens with zero attached hydrogens (tertiary/aromatic N) is 1. The number of carbonyl (C=O) groups excluding carboxylic acids is 1. The number of H-pyrrole nitrogens is 1. The summed E-state index contributed by atoms with van der Waals surface area (Å²) in [5, 5.41) is 0.649. The van der Waals surface area contributed by atoms with E-state index in [9.17, 15) is 4.79 Å². The van der Waals surface area contributed by atoms with Gasteiger partial charge in [-0.15, -0.1) is 0 Å². The zero-order valence-corrected chi connectivity index (χ0v) is 19.6. The van der Waals surface area contributed by atoms with Crippen LogP contribution in [0, 0.1) is 0 Å². The molecule has 34 heavy (non-hydrogen) atoms. The van der Waals surface area contributed by atoms with Crippen molar-refractivity contribution >= 4 is 17.4 Å². The van der Waals surface area contributed by atoms with Crippen LogP contribution in [-0.2, 0) is 18.6 Å². The Labute approximate surface area is 203 Å². The van der Waals surface area contributed by atoms with E-state index in [-0.39, 0.29) is 12.4 Å². The summed E-state index contributed by atoms with van der Waals surface area (Å²) in [4.78, 5) is 20.4. The highest BCUT2D eigenvalue weighted by Gasteiger charge is 2.35. The Hall–Kier alpha value is -3.57. The Bertz CT molecular complexity index is 1290. The molecule has 3 aromatic carbocycles. The lowest BCUT2D eigenvalue weighted by Gasteiger charge is -2.32. The van der Waals surface area contributed by atoms with Gasteiger partial charge in [0.25, 0.3) is 0 Å². The lowest BCUT2D eigenvalue weighted by Crippen LogP contribution is -2.33. The Morgan fingerprint density at radius 1 is 1.03 bits per heavy atom. The molecular formula is C28H25ClN2O3. The number of imidazole rings is 1. The standard InChI is InChI=1S/C28H25ClN2O3/c1-28(27-30-16-17-31-27,19-6-3-2-4-7-19)34-26-15-14-23-22(8-5-9-25(23)32)24(26)18-33-21-12-10-20(29)11-13-21/h2-4,6-7,10-17H,5,8-9,18H2,1H3,(H,30,31)/t28-/m0/s1. The Balaban J connectivity index is 1.57. The Morgan fingerprint density at radius 3 is 2.56 bits per heavy atom. The maximum absolute atomic E-state index is 12.6. The summed E-state index contributed by atoms with van der Waals surface area (Å²) in [7, 11) is 0. The van der Waals surface area contributed by atoms with Gasteiger partial charge in [-0.2, -0.15) is 0 Å². The van der Waals surface area contributed by atoms with Gasteiger partial charge in [0.05, 0.1) is 0 Å². The van der Waals surface area contributed by atoms with Crippen LogP contribution in [0.25, 0.3) is 0 Å². The van der Waals surface area contributed by atoms with Crippen LogP contribution >= 0.6 is 11.6 Å². The van der Waals surface area contributed by atoms with Crippen LogP contribution in [0.3, 0.4) is 0 Å². The zero-order chi connectivity index (χ0) is 23.5. The largest absolute Gasteiger partial charge is 0.489 e. The summed E-state index contributed by atoms with van der Waals surface area (Å²) in [5.41, 5.74) is 2.73. The summed E-state index contributed by atoms with van der Waals surface area (Å²) in [6.07, 6.45) is 5.70. The van der Waals surface area contributed by atoms with Crippen molar-refractivity contribution < 1.29 is 14.3 Å². The van der Waals surface area contributed by atoms with Gasteiger partial charge in [0.1, 0.15) is 18.1 Å². The SMILES string of the molecule is C[C@](Oc1ccc2c(c1COc1ccc(Cl)cc1)CCCC2=O)(c1ccccc1)c1ncc[nH]1. The first-order chi connectivity index (χ1) is 16.5. The molecule has 5 nitrogen and oxygen atoms in total. The minimum Gasteiger partial charge on any atom is -0.489 e. The third-order valence-corrected chi connectivity index (χ3v) is 6.56. The highest BCUT2D eigenvalue weighted by Crippen LogP contribution is 2.38. The van der Waals surface area contributed by atoms with E-state index in [2.05, 4.69) is 9.97 Å². The second kappa shape index (κ2) is 9.35. The van der Waals surface area contributed by atoms with Crippen molar-refractivity contribution in [2.45, 2.75) is 38.4 Å². The van der Waals surface area contributed by atoms with Crippen LogP contribution in [0.2, 0.25) is 5.02 Å². The monoisotopic (exact) mass is 472 g/mol. The zero-order valence-electron chi connectivity index (χ0n) is 18.9. The number of benzene rings is 3. The van der Waals surface area contributed by atoms with Crippen molar-refractivity contribution in [3.63, 3.8) is 0 Å². The summed E-state index contributed by atoms with van der Waals surface area (Å²) >= 11 is 6.02. The number of rotatable bonds is 7. The van der Waals surface area contributed by atoms with Crippen LogP contribution in [0.1, 0.15) is 52.6 Å². The molecule has 1 heterocycles. The van der Waals surface area contributed by atoms with Gasteiger partial charge in [-0.3, -0.25) is 4.79 Å². The van der Waals surface area contributed by atoms with Crippen molar-refractivity contribution in [1.82, 2.24) is 9.97 Å². The van der Waals surface area contributed by atoms with Gasteiger partial charge < -0.3 is 14.5 Å². The fraction of sp³-hybridized carbons (Fsp3) is 0.214. The molecule has 6 heteroatoms. The fourth-order valence-electron chi connectivity index (χ4n) is 4.47. The van der Waals surface area contributed by atoms with E-state index < -0.39 is 5.60 Å². The molecule has 1 atom stereocenters. The highest BCUT2D eigenvalue weighted by atomic mass is 35.5. The van der Waals surface area contributed by atoms with E-state index in [1.54, 1.807) is 24.5 Å². The number of fused-ring (bicyclic) bond motifs is 1. The molecule has 0 amide bonds. The first-order valence-corrected chi connectivity index (χ1v) is 11.7. The molecule has 0 fully saturated rings. The van der Waals surface area contributed by atoms with Gasteiger partial charge >= 0.3 is 0 Å². The van der Waals surface area contributed by atoms with Crippen molar-refractivity contribution in [3.8, 4) is 11.5 Å². The summed E-state index contributed by atoms with van der Waals surface area (Å²) in [5.74, 6) is 2.23. The average Bonchev–Trinajstić information content (AvgIpc) is 3.41. The molecule has 1 aliphatic rings. The maximum atomic E-state index is 12.6. The molecule has 5 rings (SSSR count). The number of Topliss-reactive ketones (excluding diaryl/α,β-unsaturated/α-hetero) is 1. The van der Waals surface area contributed by atoms with E-state index in [1.165, 1.54) is 0 Å². The molecule has 172 valence electrons.